The largest absolute Gasteiger partial charge is 0.392 e. The van der Waals surface area contributed by atoms with E-state index < -0.39 is 0 Å². The summed E-state index contributed by atoms with van der Waals surface area (Å²) in [6.45, 7) is 2.80. The molecule has 0 aromatic heterocycles. The highest BCUT2D eigenvalue weighted by molar-refractivity contribution is 4.82. The maximum Gasteiger partial charge on any atom is 0.0693 e. The first-order valence-electron chi connectivity index (χ1n) is 5.17. The fourth-order valence-electron chi connectivity index (χ4n) is 1.97. The third kappa shape index (κ3) is 3.63. The first-order chi connectivity index (χ1) is 6.24. The molecule has 0 aromatic rings. The summed E-state index contributed by atoms with van der Waals surface area (Å²) in [6, 6.07) is 0.613. The molecule has 2 N–H and O–H groups in total. The van der Waals surface area contributed by atoms with Crippen LogP contribution in [0.25, 0.3) is 0 Å². The van der Waals surface area contributed by atoms with Gasteiger partial charge >= 0.3 is 0 Å². The number of ether oxygens (including phenoxy) is 1. The molecule has 0 spiro atoms. The topological polar surface area (TPSA) is 41.5 Å². The molecule has 3 atom stereocenters. The van der Waals surface area contributed by atoms with E-state index >= 15 is 0 Å². The Morgan fingerprint density at radius 2 is 2.15 bits per heavy atom. The van der Waals surface area contributed by atoms with Gasteiger partial charge < -0.3 is 15.2 Å². The van der Waals surface area contributed by atoms with Gasteiger partial charge in [0.15, 0.2) is 0 Å². The Morgan fingerprint density at radius 3 is 2.77 bits per heavy atom. The van der Waals surface area contributed by atoms with Crippen molar-refractivity contribution in [2.45, 2.75) is 50.8 Å². The second-order valence-corrected chi connectivity index (χ2v) is 3.98. The maximum absolute atomic E-state index is 9.68. The molecule has 1 aliphatic rings. The summed E-state index contributed by atoms with van der Waals surface area (Å²) >= 11 is 0. The van der Waals surface area contributed by atoms with E-state index in [1.165, 1.54) is 6.42 Å². The minimum absolute atomic E-state index is 0.159. The first-order valence-corrected chi connectivity index (χ1v) is 5.17. The fourth-order valence-corrected chi connectivity index (χ4v) is 1.97. The van der Waals surface area contributed by atoms with Gasteiger partial charge in [0.25, 0.3) is 0 Å². The molecule has 13 heavy (non-hydrogen) atoms. The third-order valence-corrected chi connectivity index (χ3v) is 2.64. The predicted octanol–water partition coefficient (Wildman–Crippen LogP) is 0.914. The number of aliphatic hydroxyl groups excluding tert-OH is 1. The second kappa shape index (κ2) is 5.58. The Morgan fingerprint density at radius 1 is 1.46 bits per heavy atom. The van der Waals surface area contributed by atoms with E-state index in [1.807, 2.05) is 0 Å². The van der Waals surface area contributed by atoms with E-state index in [1.54, 1.807) is 7.11 Å². The van der Waals surface area contributed by atoms with Crippen LogP contribution < -0.4 is 5.32 Å². The maximum atomic E-state index is 9.68. The SMILES string of the molecule is COCC(C)NC1CCCCC1O. The van der Waals surface area contributed by atoms with Crippen molar-refractivity contribution >= 4 is 0 Å². The number of methoxy groups -OCH3 is 1. The quantitative estimate of drug-likeness (QED) is 0.687. The van der Waals surface area contributed by atoms with Crippen LogP contribution in [0.1, 0.15) is 32.6 Å². The number of hydrogen-bond donors (Lipinski definition) is 2. The molecule has 78 valence electrons. The fraction of sp³-hybridized carbons (Fsp3) is 1.00. The second-order valence-electron chi connectivity index (χ2n) is 3.98. The number of aliphatic hydroxyl groups is 1. The Balaban J connectivity index is 2.25. The monoisotopic (exact) mass is 187 g/mol. The Bertz CT molecular complexity index is 141. The van der Waals surface area contributed by atoms with Crippen LogP contribution in [0.2, 0.25) is 0 Å². The van der Waals surface area contributed by atoms with Crippen molar-refractivity contribution in [1.29, 1.82) is 0 Å². The highest BCUT2D eigenvalue weighted by atomic mass is 16.5. The highest BCUT2D eigenvalue weighted by Gasteiger charge is 2.23. The molecular weight excluding hydrogens is 166 g/mol. The van der Waals surface area contributed by atoms with Crippen LogP contribution in [0, 0.1) is 0 Å². The number of nitrogens with one attached hydrogen (secondary N) is 1. The smallest absolute Gasteiger partial charge is 0.0693 e. The van der Waals surface area contributed by atoms with Gasteiger partial charge in [-0.25, -0.2) is 0 Å². The van der Waals surface area contributed by atoms with Gasteiger partial charge in [-0.15, -0.1) is 0 Å². The van der Waals surface area contributed by atoms with Crippen LogP contribution in [0.3, 0.4) is 0 Å². The van der Waals surface area contributed by atoms with Gasteiger partial charge in [-0.3, -0.25) is 0 Å². The van der Waals surface area contributed by atoms with Crippen molar-refractivity contribution in [1.82, 2.24) is 5.32 Å². The number of rotatable bonds is 4. The van der Waals surface area contributed by atoms with E-state index in [0.29, 0.717) is 12.6 Å². The third-order valence-electron chi connectivity index (χ3n) is 2.64. The molecule has 3 nitrogen and oxygen atoms in total. The molecule has 3 heteroatoms. The molecule has 0 bridgehead atoms. The van der Waals surface area contributed by atoms with Gasteiger partial charge in [0, 0.05) is 19.2 Å². The molecule has 3 unspecified atom stereocenters. The first kappa shape index (κ1) is 11.0. The summed E-state index contributed by atoms with van der Waals surface area (Å²) in [5, 5.41) is 13.1. The molecule has 0 aliphatic heterocycles. The van der Waals surface area contributed by atoms with Crippen LogP contribution in [0.15, 0.2) is 0 Å². The van der Waals surface area contributed by atoms with Crippen molar-refractivity contribution in [2.24, 2.45) is 0 Å². The summed E-state index contributed by atoms with van der Waals surface area (Å²) in [4.78, 5) is 0. The molecular formula is C10H21NO2. The summed E-state index contributed by atoms with van der Waals surface area (Å²) in [5.74, 6) is 0. The Kier molecular flexibility index (Phi) is 4.70. The number of hydrogen-bond acceptors (Lipinski definition) is 3. The van der Waals surface area contributed by atoms with Gasteiger partial charge in [-0.2, -0.15) is 0 Å². The molecule has 1 aliphatic carbocycles. The molecule has 0 aromatic carbocycles. The normalized spacial score (nSPS) is 31.6. The molecule has 1 saturated carbocycles. The summed E-state index contributed by atoms with van der Waals surface area (Å²) < 4.78 is 5.04. The zero-order chi connectivity index (χ0) is 9.68. The predicted molar refractivity (Wildman–Crippen MR) is 52.7 cm³/mol. The molecule has 1 fully saturated rings. The van der Waals surface area contributed by atoms with E-state index in [4.69, 9.17) is 4.74 Å². The van der Waals surface area contributed by atoms with Crippen molar-refractivity contribution < 1.29 is 9.84 Å². The zero-order valence-corrected chi connectivity index (χ0v) is 8.62. The van der Waals surface area contributed by atoms with E-state index in [9.17, 15) is 5.11 Å². The van der Waals surface area contributed by atoms with Crippen molar-refractivity contribution in [3.63, 3.8) is 0 Å². The van der Waals surface area contributed by atoms with Crippen molar-refractivity contribution in [3.8, 4) is 0 Å². The van der Waals surface area contributed by atoms with Crippen LogP contribution in [-0.2, 0) is 4.74 Å². The lowest BCUT2D eigenvalue weighted by molar-refractivity contribution is 0.0755. The minimum atomic E-state index is -0.159. The van der Waals surface area contributed by atoms with E-state index in [-0.39, 0.29) is 12.1 Å². The van der Waals surface area contributed by atoms with E-state index in [2.05, 4.69) is 12.2 Å². The molecule has 0 saturated heterocycles. The van der Waals surface area contributed by atoms with Gasteiger partial charge in [0.2, 0.25) is 0 Å². The lowest BCUT2D eigenvalue weighted by Crippen LogP contribution is -2.47. The molecule has 0 radical (unpaired) electrons. The van der Waals surface area contributed by atoms with Crippen LogP contribution >= 0.6 is 0 Å². The van der Waals surface area contributed by atoms with Crippen LogP contribution in [0.4, 0.5) is 0 Å². The van der Waals surface area contributed by atoms with E-state index in [0.717, 1.165) is 19.3 Å². The Labute approximate surface area is 80.5 Å². The van der Waals surface area contributed by atoms with Crippen LogP contribution in [-0.4, -0.2) is 37.0 Å². The van der Waals surface area contributed by atoms with Crippen molar-refractivity contribution in [3.05, 3.63) is 0 Å². The average molecular weight is 187 g/mol. The van der Waals surface area contributed by atoms with Gasteiger partial charge in [0.05, 0.1) is 12.7 Å². The van der Waals surface area contributed by atoms with Crippen molar-refractivity contribution in [2.75, 3.05) is 13.7 Å². The highest BCUT2D eigenvalue weighted by Crippen LogP contribution is 2.18. The van der Waals surface area contributed by atoms with Gasteiger partial charge in [-0.05, 0) is 19.8 Å². The van der Waals surface area contributed by atoms with Gasteiger partial charge in [0.1, 0.15) is 0 Å². The molecule has 0 amide bonds. The minimum Gasteiger partial charge on any atom is -0.392 e. The lowest BCUT2D eigenvalue weighted by Gasteiger charge is -2.30. The average Bonchev–Trinajstić information content (AvgIpc) is 2.09. The standard InChI is InChI=1S/C10H21NO2/c1-8(7-13-2)11-9-5-3-4-6-10(9)12/h8-12H,3-7H2,1-2H3. The summed E-state index contributed by atoms with van der Waals surface area (Å²) in [6.07, 6.45) is 4.27. The summed E-state index contributed by atoms with van der Waals surface area (Å²) in [7, 11) is 1.70. The Hall–Kier alpha value is -0.120. The molecule has 1 rings (SSSR count). The molecule has 0 heterocycles. The lowest BCUT2D eigenvalue weighted by atomic mass is 9.92. The van der Waals surface area contributed by atoms with Crippen LogP contribution in [0.5, 0.6) is 0 Å². The zero-order valence-electron chi connectivity index (χ0n) is 8.62. The summed E-state index contributed by atoms with van der Waals surface area (Å²) in [5.41, 5.74) is 0. The van der Waals surface area contributed by atoms with Gasteiger partial charge in [-0.1, -0.05) is 12.8 Å².